The summed E-state index contributed by atoms with van der Waals surface area (Å²) < 4.78 is 0. The Balaban J connectivity index is 2.54. The lowest BCUT2D eigenvalue weighted by Gasteiger charge is -2.18. The highest BCUT2D eigenvalue weighted by Crippen LogP contribution is 2.22. The molecule has 0 atom stereocenters. The predicted octanol–water partition coefficient (Wildman–Crippen LogP) is 3.87. The predicted molar refractivity (Wildman–Crippen MR) is 90.8 cm³/mol. The molecule has 21 heavy (non-hydrogen) atoms. The van der Waals surface area contributed by atoms with Gasteiger partial charge in [-0.2, -0.15) is 0 Å². The minimum atomic E-state index is 0.225. The fourth-order valence-corrected chi connectivity index (χ4v) is 2.47. The number of carbonyl (C=O) groups is 1. The highest BCUT2D eigenvalue weighted by molar-refractivity contribution is 5.76. The van der Waals surface area contributed by atoms with E-state index in [-0.39, 0.29) is 5.91 Å². The molecule has 0 saturated heterocycles. The van der Waals surface area contributed by atoms with E-state index in [0.29, 0.717) is 13.0 Å². The first-order chi connectivity index (χ1) is 10.1. The average molecular weight is 290 g/mol. The van der Waals surface area contributed by atoms with Crippen LogP contribution in [0.4, 0.5) is 5.69 Å². The lowest BCUT2D eigenvalue weighted by atomic mass is 10.0. The van der Waals surface area contributed by atoms with Crippen LogP contribution in [0.5, 0.6) is 0 Å². The van der Waals surface area contributed by atoms with Crippen molar-refractivity contribution in [2.75, 3.05) is 25.5 Å². The van der Waals surface area contributed by atoms with Crippen LogP contribution in [0.25, 0.3) is 0 Å². The molecular formula is C18H30N2O. The molecular weight excluding hydrogens is 260 g/mol. The molecule has 0 aromatic heterocycles. The standard InChI is InChI=1S/C18H30N2O/c1-5-8-14-20(4)17(21)12-13-19-18-15(6-2)10-9-11-16(18)7-3/h9-11,19H,5-8,12-14H2,1-4H3. The Morgan fingerprint density at radius 2 is 1.76 bits per heavy atom. The maximum absolute atomic E-state index is 12.0. The molecule has 0 aliphatic rings. The molecule has 0 aliphatic heterocycles. The van der Waals surface area contributed by atoms with Gasteiger partial charge in [-0.05, 0) is 30.4 Å². The molecule has 1 amide bonds. The first-order valence-corrected chi connectivity index (χ1v) is 8.22. The summed E-state index contributed by atoms with van der Waals surface area (Å²) in [4.78, 5) is 13.9. The van der Waals surface area contributed by atoms with E-state index < -0.39 is 0 Å². The monoisotopic (exact) mass is 290 g/mol. The van der Waals surface area contributed by atoms with Gasteiger partial charge < -0.3 is 10.2 Å². The molecule has 0 radical (unpaired) electrons. The van der Waals surface area contributed by atoms with Gasteiger partial charge in [0.1, 0.15) is 0 Å². The topological polar surface area (TPSA) is 32.3 Å². The van der Waals surface area contributed by atoms with Gasteiger partial charge in [-0.3, -0.25) is 4.79 Å². The van der Waals surface area contributed by atoms with Gasteiger partial charge >= 0.3 is 0 Å². The first-order valence-electron chi connectivity index (χ1n) is 8.22. The van der Waals surface area contributed by atoms with Crippen molar-refractivity contribution in [2.24, 2.45) is 0 Å². The molecule has 0 saturated carbocycles. The van der Waals surface area contributed by atoms with Crippen LogP contribution >= 0.6 is 0 Å². The van der Waals surface area contributed by atoms with E-state index in [1.807, 2.05) is 11.9 Å². The quantitative estimate of drug-likeness (QED) is 0.748. The van der Waals surface area contributed by atoms with Crippen molar-refractivity contribution in [2.45, 2.75) is 52.9 Å². The zero-order chi connectivity index (χ0) is 15.7. The number of nitrogens with one attached hydrogen (secondary N) is 1. The summed E-state index contributed by atoms with van der Waals surface area (Å²) in [5.74, 6) is 0.225. The van der Waals surface area contributed by atoms with Gasteiger partial charge in [-0.25, -0.2) is 0 Å². The van der Waals surface area contributed by atoms with Crippen LogP contribution < -0.4 is 5.32 Å². The summed E-state index contributed by atoms with van der Waals surface area (Å²) in [6, 6.07) is 6.44. The van der Waals surface area contributed by atoms with Crippen LogP contribution in [0.15, 0.2) is 18.2 Å². The van der Waals surface area contributed by atoms with E-state index in [1.54, 1.807) is 0 Å². The second-order valence-corrected chi connectivity index (χ2v) is 5.50. The van der Waals surface area contributed by atoms with E-state index in [1.165, 1.54) is 16.8 Å². The second kappa shape index (κ2) is 9.43. The van der Waals surface area contributed by atoms with E-state index in [9.17, 15) is 4.79 Å². The maximum Gasteiger partial charge on any atom is 0.224 e. The van der Waals surface area contributed by atoms with Crippen molar-refractivity contribution in [3.63, 3.8) is 0 Å². The van der Waals surface area contributed by atoms with Crippen molar-refractivity contribution in [3.8, 4) is 0 Å². The Bertz CT molecular complexity index is 421. The molecule has 0 fully saturated rings. The zero-order valence-corrected chi connectivity index (χ0v) is 14.0. The molecule has 0 spiro atoms. The molecule has 0 bridgehead atoms. The highest BCUT2D eigenvalue weighted by atomic mass is 16.2. The Hall–Kier alpha value is -1.51. The third kappa shape index (κ3) is 5.41. The molecule has 0 unspecified atom stereocenters. The molecule has 0 heterocycles. The summed E-state index contributed by atoms with van der Waals surface area (Å²) in [5, 5.41) is 3.48. The van der Waals surface area contributed by atoms with E-state index in [0.717, 1.165) is 32.2 Å². The van der Waals surface area contributed by atoms with Gasteiger partial charge in [-0.1, -0.05) is 45.4 Å². The van der Waals surface area contributed by atoms with Crippen LogP contribution in [-0.2, 0) is 17.6 Å². The second-order valence-electron chi connectivity index (χ2n) is 5.50. The number of amides is 1. The molecule has 1 aromatic rings. The third-order valence-corrected chi connectivity index (χ3v) is 3.91. The van der Waals surface area contributed by atoms with E-state index in [2.05, 4.69) is 44.3 Å². The largest absolute Gasteiger partial charge is 0.384 e. The van der Waals surface area contributed by atoms with Gasteiger partial charge in [0.15, 0.2) is 0 Å². The Labute approximate surface area is 129 Å². The lowest BCUT2D eigenvalue weighted by molar-refractivity contribution is -0.129. The molecule has 1 N–H and O–H groups in total. The molecule has 1 rings (SSSR count). The van der Waals surface area contributed by atoms with Crippen LogP contribution in [0.1, 0.15) is 51.2 Å². The normalized spacial score (nSPS) is 10.5. The number of unbranched alkanes of at least 4 members (excludes halogenated alkanes) is 1. The van der Waals surface area contributed by atoms with Crippen LogP contribution in [0.2, 0.25) is 0 Å². The summed E-state index contributed by atoms with van der Waals surface area (Å²) in [6.07, 6.45) is 4.79. The minimum Gasteiger partial charge on any atom is -0.384 e. The molecule has 3 nitrogen and oxygen atoms in total. The number of para-hydroxylation sites is 1. The number of hydrogen-bond acceptors (Lipinski definition) is 2. The maximum atomic E-state index is 12.0. The van der Waals surface area contributed by atoms with Crippen LogP contribution in [0, 0.1) is 0 Å². The van der Waals surface area contributed by atoms with Gasteiger partial charge in [0, 0.05) is 32.2 Å². The fraction of sp³-hybridized carbons (Fsp3) is 0.611. The van der Waals surface area contributed by atoms with E-state index >= 15 is 0 Å². The summed E-state index contributed by atoms with van der Waals surface area (Å²) in [7, 11) is 1.90. The number of hydrogen-bond donors (Lipinski definition) is 1. The number of carbonyl (C=O) groups excluding carboxylic acids is 1. The summed E-state index contributed by atoms with van der Waals surface area (Å²) in [5.41, 5.74) is 3.90. The Morgan fingerprint density at radius 3 is 2.29 bits per heavy atom. The number of anilines is 1. The first kappa shape index (κ1) is 17.5. The van der Waals surface area contributed by atoms with Gasteiger partial charge in [0.05, 0.1) is 0 Å². The molecule has 3 heteroatoms. The third-order valence-electron chi connectivity index (χ3n) is 3.91. The Morgan fingerprint density at radius 1 is 1.14 bits per heavy atom. The number of rotatable bonds is 9. The van der Waals surface area contributed by atoms with Gasteiger partial charge in [-0.15, -0.1) is 0 Å². The number of nitrogens with zero attached hydrogens (tertiary/aromatic N) is 1. The zero-order valence-electron chi connectivity index (χ0n) is 14.0. The summed E-state index contributed by atoms with van der Waals surface area (Å²) in [6.45, 7) is 8.06. The van der Waals surface area contributed by atoms with Gasteiger partial charge in [0.25, 0.3) is 0 Å². The lowest BCUT2D eigenvalue weighted by Crippen LogP contribution is -2.29. The SMILES string of the molecule is CCCCN(C)C(=O)CCNc1c(CC)cccc1CC. The van der Waals surface area contributed by atoms with Crippen molar-refractivity contribution < 1.29 is 4.79 Å². The Kier molecular flexibility index (Phi) is 7.88. The number of benzene rings is 1. The van der Waals surface area contributed by atoms with Crippen LogP contribution in [-0.4, -0.2) is 30.9 Å². The van der Waals surface area contributed by atoms with Crippen molar-refractivity contribution >= 4 is 11.6 Å². The van der Waals surface area contributed by atoms with Crippen molar-refractivity contribution in [1.29, 1.82) is 0 Å². The number of aryl methyl sites for hydroxylation is 2. The smallest absolute Gasteiger partial charge is 0.224 e. The van der Waals surface area contributed by atoms with Crippen molar-refractivity contribution in [3.05, 3.63) is 29.3 Å². The van der Waals surface area contributed by atoms with Gasteiger partial charge in [0.2, 0.25) is 5.91 Å². The molecule has 1 aromatic carbocycles. The van der Waals surface area contributed by atoms with E-state index in [4.69, 9.17) is 0 Å². The summed E-state index contributed by atoms with van der Waals surface area (Å²) >= 11 is 0. The van der Waals surface area contributed by atoms with Crippen LogP contribution in [0.3, 0.4) is 0 Å². The van der Waals surface area contributed by atoms with Crippen molar-refractivity contribution in [1.82, 2.24) is 4.90 Å². The molecule has 118 valence electrons. The average Bonchev–Trinajstić information content (AvgIpc) is 2.52. The molecule has 0 aliphatic carbocycles. The highest BCUT2D eigenvalue weighted by Gasteiger charge is 2.09. The minimum absolute atomic E-state index is 0.225. The fourth-order valence-electron chi connectivity index (χ4n) is 2.47.